The second kappa shape index (κ2) is 7.24. The van der Waals surface area contributed by atoms with Gasteiger partial charge in [0.05, 0.1) is 5.54 Å². The van der Waals surface area contributed by atoms with Crippen LogP contribution in [0.25, 0.3) is 10.8 Å². The zero-order chi connectivity index (χ0) is 21.8. The zero-order valence-corrected chi connectivity index (χ0v) is 18.2. The molecular weight excluding hydrogens is 388 g/mol. The minimum Gasteiger partial charge on any atom is -0.368 e. The van der Waals surface area contributed by atoms with Gasteiger partial charge in [0.2, 0.25) is 0 Å². The van der Waals surface area contributed by atoms with Gasteiger partial charge in [0, 0.05) is 47.5 Å². The lowest BCUT2D eigenvalue weighted by atomic mass is 9.98. The van der Waals surface area contributed by atoms with Crippen LogP contribution in [-0.4, -0.2) is 49.0 Å². The highest BCUT2D eigenvalue weighted by molar-refractivity contribution is 5.98. The summed E-state index contributed by atoms with van der Waals surface area (Å²) < 4.78 is 0. The van der Waals surface area contributed by atoms with E-state index >= 15 is 0 Å². The molecule has 0 unspecified atom stereocenters. The number of nitrogens with one attached hydrogen (secondary N) is 2. The highest BCUT2D eigenvalue weighted by atomic mass is 16.2. The van der Waals surface area contributed by atoms with Gasteiger partial charge in [-0.1, -0.05) is 24.3 Å². The molecule has 1 aromatic heterocycles. The van der Waals surface area contributed by atoms with Crippen molar-refractivity contribution in [1.82, 2.24) is 15.2 Å². The van der Waals surface area contributed by atoms with Gasteiger partial charge in [-0.15, -0.1) is 0 Å². The number of carbonyl (C=O) groups excluding carboxylic acids is 1. The maximum atomic E-state index is 13.3. The fraction of sp³-hybridized carbons (Fsp3) is 0.360. The number of likely N-dealkylation sites (N-methyl/N-ethyl adjacent to an activating group) is 1. The minimum atomic E-state index is -0.421. The number of rotatable bonds is 5. The number of nitrogens with zero attached hydrogens (tertiary/aromatic N) is 2. The van der Waals surface area contributed by atoms with Gasteiger partial charge in [0.15, 0.2) is 0 Å². The standard InChI is InChI=1S/C25H28N4O2/c1-16-8-9-17(29-14-18(15-29)28(2)3)12-21(16)24(31)27-25(10-11-25)22-13-26-23(30)20-7-5-4-6-19(20)22/h4-9,12-13,18H,10-11,14-15H2,1-3H3,(H,26,30)(H,27,31). The van der Waals surface area contributed by atoms with Crippen LogP contribution < -0.4 is 15.8 Å². The smallest absolute Gasteiger partial charge is 0.255 e. The van der Waals surface area contributed by atoms with Crippen molar-refractivity contribution in [3.05, 3.63) is 75.7 Å². The molecular formula is C25H28N4O2. The van der Waals surface area contributed by atoms with Crippen molar-refractivity contribution in [2.75, 3.05) is 32.1 Å². The van der Waals surface area contributed by atoms with E-state index in [1.807, 2.05) is 43.3 Å². The van der Waals surface area contributed by atoms with Crippen molar-refractivity contribution in [2.45, 2.75) is 31.3 Å². The Labute approximate surface area is 181 Å². The molecule has 2 fully saturated rings. The second-order valence-electron chi connectivity index (χ2n) is 9.13. The number of hydrogen-bond donors (Lipinski definition) is 2. The van der Waals surface area contributed by atoms with E-state index in [1.54, 1.807) is 6.20 Å². The van der Waals surface area contributed by atoms with Crippen molar-refractivity contribution >= 4 is 22.4 Å². The molecule has 6 nitrogen and oxygen atoms in total. The summed E-state index contributed by atoms with van der Waals surface area (Å²) in [5, 5.41) is 4.86. The first-order valence-corrected chi connectivity index (χ1v) is 10.8. The number of aromatic amines is 1. The molecule has 1 aliphatic heterocycles. The third kappa shape index (κ3) is 3.41. The van der Waals surface area contributed by atoms with Crippen LogP contribution in [-0.2, 0) is 5.54 Å². The summed E-state index contributed by atoms with van der Waals surface area (Å²) in [7, 11) is 4.21. The van der Waals surface area contributed by atoms with Crippen LogP contribution >= 0.6 is 0 Å². The summed E-state index contributed by atoms with van der Waals surface area (Å²) in [6.07, 6.45) is 3.50. The molecule has 0 bridgehead atoms. The van der Waals surface area contributed by atoms with Gasteiger partial charge in [0.1, 0.15) is 0 Å². The van der Waals surface area contributed by atoms with Gasteiger partial charge in [-0.2, -0.15) is 0 Å². The fourth-order valence-corrected chi connectivity index (χ4v) is 4.52. The lowest BCUT2D eigenvalue weighted by Crippen LogP contribution is -2.57. The predicted molar refractivity (Wildman–Crippen MR) is 124 cm³/mol. The Bertz CT molecular complexity index is 1220. The van der Waals surface area contributed by atoms with Crippen LogP contribution in [0.5, 0.6) is 0 Å². The number of pyridine rings is 1. The summed E-state index contributed by atoms with van der Waals surface area (Å²) in [5.41, 5.74) is 3.24. The first kappa shape index (κ1) is 19.8. The molecule has 2 N–H and O–H groups in total. The van der Waals surface area contributed by atoms with E-state index in [4.69, 9.17) is 0 Å². The normalized spacial score (nSPS) is 17.6. The Balaban J connectivity index is 1.42. The Morgan fingerprint density at radius 1 is 1.13 bits per heavy atom. The second-order valence-corrected chi connectivity index (χ2v) is 9.13. The van der Waals surface area contributed by atoms with Gasteiger partial charge in [-0.05, 0) is 63.0 Å². The molecule has 31 heavy (non-hydrogen) atoms. The van der Waals surface area contributed by atoms with Crippen molar-refractivity contribution < 1.29 is 4.79 Å². The molecule has 0 atom stereocenters. The largest absolute Gasteiger partial charge is 0.368 e. The van der Waals surface area contributed by atoms with E-state index in [0.717, 1.165) is 48.1 Å². The zero-order valence-electron chi connectivity index (χ0n) is 18.2. The Kier molecular flexibility index (Phi) is 4.63. The molecule has 160 valence electrons. The van der Waals surface area contributed by atoms with E-state index in [1.165, 1.54) is 0 Å². The van der Waals surface area contributed by atoms with E-state index in [2.05, 4.69) is 40.3 Å². The summed E-state index contributed by atoms with van der Waals surface area (Å²) in [6, 6.07) is 14.3. The van der Waals surface area contributed by atoms with Gasteiger partial charge < -0.3 is 20.1 Å². The Morgan fingerprint density at radius 2 is 1.84 bits per heavy atom. The van der Waals surface area contributed by atoms with Crippen molar-refractivity contribution in [3.8, 4) is 0 Å². The molecule has 5 rings (SSSR count). The summed E-state index contributed by atoms with van der Waals surface area (Å²) in [5.74, 6) is -0.0585. The van der Waals surface area contributed by atoms with Gasteiger partial charge >= 0.3 is 0 Å². The average molecular weight is 417 g/mol. The molecule has 2 aromatic carbocycles. The molecule has 1 amide bonds. The summed E-state index contributed by atoms with van der Waals surface area (Å²) in [6.45, 7) is 3.93. The minimum absolute atomic E-state index is 0.0585. The van der Waals surface area contributed by atoms with E-state index in [0.29, 0.717) is 17.0 Å². The first-order valence-electron chi connectivity index (χ1n) is 10.8. The van der Waals surface area contributed by atoms with Gasteiger partial charge in [-0.25, -0.2) is 0 Å². The summed E-state index contributed by atoms with van der Waals surface area (Å²) in [4.78, 5) is 33.0. The SMILES string of the molecule is Cc1ccc(N2CC(N(C)C)C2)cc1C(=O)NC1(c2c[nH]c(=O)c3ccccc23)CC1. The number of hydrogen-bond acceptors (Lipinski definition) is 4. The van der Waals surface area contributed by atoms with Gasteiger partial charge in [0.25, 0.3) is 11.5 Å². The molecule has 1 aliphatic carbocycles. The molecule has 6 heteroatoms. The van der Waals surface area contributed by atoms with Crippen molar-refractivity contribution in [2.24, 2.45) is 0 Å². The quantitative estimate of drug-likeness (QED) is 0.671. The van der Waals surface area contributed by atoms with E-state index in [-0.39, 0.29) is 11.5 Å². The maximum Gasteiger partial charge on any atom is 0.255 e. The number of aromatic nitrogens is 1. The number of amides is 1. The number of benzene rings is 2. The first-order chi connectivity index (χ1) is 14.9. The Hall–Kier alpha value is -3.12. The Morgan fingerprint density at radius 3 is 2.52 bits per heavy atom. The lowest BCUT2D eigenvalue weighted by molar-refractivity contribution is 0.0930. The third-order valence-corrected chi connectivity index (χ3v) is 6.85. The maximum absolute atomic E-state index is 13.3. The highest BCUT2D eigenvalue weighted by Gasteiger charge is 2.47. The average Bonchev–Trinajstić information content (AvgIpc) is 3.48. The third-order valence-electron chi connectivity index (χ3n) is 6.85. The van der Waals surface area contributed by atoms with Crippen LogP contribution in [0.15, 0.2) is 53.5 Å². The fourth-order valence-electron chi connectivity index (χ4n) is 4.52. The number of carbonyl (C=O) groups is 1. The van der Waals surface area contributed by atoms with Gasteiger partial charge in [-0.3, -0.25) is 9.59 Å². The molecule has 3 aromatic rings. The highest BCUT2D eigenvalue weighted by Crippen LogP contribution is 2.47. The predicted octanol–water partition coefficient (Wildman–Crippen LogP) is 3.01. The molecule has 1 saturated heterocycles. The van der Waals surface area contributed by atoms with Crippen LogP contribution in [0.3, 0.4) is 0 Å². The van der Waals surface area contributed by atoms with Crippen LogP contribution in [0.1, 0.15) is 34.3 Å². The van der Waals surface area contributed by atoms with Crippen molar-refractivity contribution in [1.29, 1.82) is 0 Å². The monoisotopic (exact) mass is 416 g/mol. The number of anilines is 1. The molecule has 1 saturated carbocycles. The summed E-state index contributed by atoms with van der Waals surface area (Å²) >= 11 is 0. The molecule has 0 spiro atoms. The number of aryl methyl sites for hydroxylation is 1. The van der Waals surface area contributed by atoms with E-state index in [9.17, 15) is 9.59 Å². The van der Waals surface area contributed by atoms with Crippen LogP contribution in [0.4, 0.5) is 5.69 Å². The topological polar surface area (TPSA) is 68.4 Å². The lowest BCUT2D eigenvalue weighted by Gasteiger charge is -2.44. The van der Waals surface area contributed by atoms with Crippen LogP contribution in [0, 0.1) is 6.92 Å². The number of H-pyrrole nitrogens is 1. The molecule has 0 radical (unpaired) electrons. The van der Waals surface area contributed by atoms with Crippen LogP contribution in [0.2, 0.25) is 0 Å². The van der Waals surface area contributed by atoms with E-state index < -0.39 is 5.54 Å². The molecule has 2 aliphatic rings. The van der Waals surface area contributed by atoms with Crippen molar-refractivity contribution in [3.63, 3.8) is 0 Å². The molecule has 2 heterocycles. The number of fused-ring (bicyclic) bond motifs is 1.